The molecule has 0 saturated carbocycles. The Morgan fingerprint density at radius 3 is 2.10 bits per heavy atom. The number of amides is 2. The molecule has 6 nitrogen and oxygen atoms in total. The highest BCUT2D eigenvalue weighted by molar-refractivity contribution is 5.93. The topological polar surface area (TPSA) is 66.9 Å². The summed E-state index contributed by atoms with van der Waals surface area (Å²) in [6.07, 6.45) is 3.04. The van der Waals surface area contributed by atoms with E-state index in [0.717, 1.165) is 5.56 Å². The summed E-state index contributed by atoms with van der Waals surface area (Å²) in [6, 6.07) is 5.06. The molecule has 0 spiro atoms. The first-order valence-electron chi connectivity index (χ1n) is 6.82. The molecule has 0 N–H and O–H groups in total. The quantitative estimate of drug-likeness (QED) is 0.844. The third-order valence-electron chi connectivity index (χ3n) is 3.53. The van der Waals surface area contributed by atoms with Crippen LogP contribution in [0.3, 0.4) is 0 Å². The Kier molecular flexibility index (Phi) is 3.51. The van der Waals surface area contributed by atoms with Gasteiger partial charge >= 0.3 is 0 Å². The number of nitrogens with zero attached hydrogens (tertiary/aromatic N) is 2. The normalized spacial score (nSPS) is 15.3. The van der Waals surface area contributed by atoms with E-state index >= 15 is 0 Å². The smallest absolute Gasteiger partial charge is 0.289 e. The molecule has 21 heavy (non-hydrogen) atoms. The van der Waals surface area contributed by atoms with Crippen LogP contribution < -0.4 is 0 Å². The molecule has 2 aromatic rings. The van der Waals surface area contributed by atoms with Crippen LogP contribution in [0.5, 0.6) is 0 Å². The van der Waals surface area contributed by atoms with E-state index in [2.05, 4.69) is 0 Å². The number of furan rings is 2. The highest BCUT2D eigenvalue weighted by Gasteiger charge is 2.27. The van der Waals surface area contributed by atoms with Gasteiger partial charge in [0.2, 0.25) is 0 Å². The first-order chi connectivity index (χ1) is 10.1. The summed E-state index contributed by atoms with van der Waals surface area (Å²) in [5.74, 6) is 0.406. The van der Waals surface area contributed by atoms with Crippen molar-refractivity contribution < 1.29 is 18.4 Å². The van der Waals surface area contributed by atoms with Crippen LogP contribution in [0.25, 0.3) is 0 Å². The monoisotopic (exact) mass is 288 g/mol. The molecule has 0 atom stereocenters. The van der Waals surface area contributed by atoms with Gasteiger partial charge in [-0.15, -0.1) is 0 Å². The molecule has 1 fully saturated rings. The van der Waals surface area contributed by atoms with Crippen molar-refractivity contribution in [3.05, 3.63) is 47.8 Å². The zero-order chi connectivity index (χ0) is 14.8. The average molecular weight is 288 g/mol. The third-order valence-corrected chi connectivity index (χ3v) is 3.53. The van der Waals surface area contributed by atoms with Gasteiger partial charge in [-0.3, -0.25) is 9.59 Å². The number of carbonyl (C=O) groups excluding carboxylic acids is 2. The Morgan fingerprint density at radius 1 is 1.00 bits per heavy atom. The van der Waals surface area contributed by atoms with Crippen LogP contribution in [0.1, 0.15) is 26.7 Å². The Balaban J connectivity index is 1.60. The lowest BCUT2D eigenvalue weighted by atomic mass is 10.2. The fourth-order valence-corrected chi connectivity index (χ4v) is 2.37. The van der Waals surface area contributed by atoms with Gasteiger partial charge in [0.15, 0.2) is 11.5 Å². The molecule has 0 aliphatic carbocycles. The molecule has 0 aromatic carbocycles. The van der Waals surface area contributed by atoms with Crippen LogP contribution in [0.2, 0.25) is 0 Å². The predicted molar refractivity (Wildman–Crippen MR) is 74.0 cm³/mol. The minimum atomic E-state index is -0.138. The number of hydrogen-bond acceptors (Lipinski definition) is 4. The maximum atomic E-state index is 12.2. The molecule has 0 bridgehead atoms. The average Bonchev–Trinajstić information content (AvgIpc) is 3.17. The van der Waals surface area contributed by atoms with Crippen molar-refractivity contribution in [2.45, 2.75) is 6.92 Å². The Labute approximate surface area is 121 Å². The zero-order valence-corrected chi connectivity index (χ0v) is 11.7. The van der Waals surface area contributed by atoms with Crippen molar-refractivity contribution in [3.63, 3.8) is 0 Å². The molecule has 1 aliphatic rings. The maximum absolute atomic E-state index is 12.2. The summed E-state index contributed by atoms with van der Waals surface area (Å²) in [6.45, 7) is 3.84. The number of rotatable bonds is 2. The fraction of sp³-hybridized carbons (Fsp3) is 0.333. The fourth-order valence-electron chi connectivity index (χ4n) is 2.37. The summed E-state index contributed by atoms with van der Waals surface area (Å²) >= 11 is 0. The van der Waals surface area contributed by atoms with E-state index < -0.39 is 0 Å². The van der Waals surface area contributed by atoms with Crippen LogP contribution in [0.15, 0.2) is 39.6 Å². The van der Waals surface area contributed by atoms with Crippen molar-refractivity contribution in [1.29, 1.82) is 0 Å². The minimum absolute atomic E-state index is 0.131. The second-order valence-corrected chi connectivity index (χ2v) is 5.05. The van der Waals surface area contributed by atoms with Crippen LogP contribution >= 0.6 is 0 Å². The van der Waals surface area contributed by atoms with Crippen LogP contribution in [-0.2, 0) is 0 Å². The van der Waals surface area contributed by atoms with Gasteiger partial charge in [0.1, 0.15) is 0 Å². The van der Waals surface area contributed by atoms with Crippen molar-refractivity contribution in [1.82, 2.24) is 9.80 Å². The van der Waals surface area contributed by atoms with Gasteiger partial charge in [-0.2, -0.15) is 0 Å². The van der Waals surface area contributed by atoms with Gasteiger partial charge in [-0.05, 0) is 30.7 Å². The summed E-state index contributed by atoms with van der Waals surface area (Å²) in [4.78, 5) is 27.7. The second-order valence-electron chi connectivity index (χ2n) is 5.05. The highest BCUT2D eigenvalue weighted by atomic mass is 16.3. The van der Waals surface area contributed by atoms with Crippen LogP contribution in [-0.4, -0.2) is 47.8 Å². The van der Waals surface area contributed by atoms with Crippen molar-refractivity contribution in [2.75, 3.05) is 26.2 Å². The van der Waals surface area contributed by atoms with E-state index in [0.29, 0.717) is 37.7 Å². The molecule has 110 valence electrons. The highest BCUT2D eigenvalue weighted by Crippen LogP contribution is 2.13. The summed E-state index contributed by atoms with van der Waals surface area (Å²) in [7, 11) is 0. The van der Waals surface area contributed by atoms with Gasteiger partial charge in [0.05, 0.1) is 12.5 Å². The van der Waals surface area contributed by atoms with Crippen LogP contribution in [0, 0.1) is 6.92 Å². The SMILES string of the molecule is Cc1coc(C(=O)N2CCN(C(=O)c3ccco3)CC2)c1. The predicted octanol–water partition coefficient (Wildman–Crippen LogP) is 1.78. The molecule has 1 saturated heterocycles. The lowest BCUT2D eigenvalue weighted by Gasteiger charge is -2.33. The molecule has 6 heteroatoms. The zero-order valence-electron chi connectivity index (χ0n) is 11.7. The molecule has 1 aliphatic heterocycles. The third kappa shape index (κ3) is 2.69. The molecular formula is C15H16N2O4. The van der Waals surface area contributed by atoms with Gasteiger partial charge in [0, 0.05) is 26.2 Å². The number of aryl methyl sites for hydroxylation is 1. The van der Waals surface area contributed by atoms with E-state index in [9.17, 15) is 9.59 Å². The molecule has 0 unspecified atom stereocenters. The summed E-state index contributed by atoms with van der Waals surface area (Å²) in [5.41, 5.74) is 0.921. The van der Waals surface area contributed by atoms with Crippen LogP contribution in [0.4, 0.5) is 0 Å². The second kappa shape index (κ2) is 5.47. The summed E-state index contributed by atoms with van der Waals surface area (Å²) < 4.78 is 10.3. The van der Waals surface area contributed by atoms with Gasteiger partial charge in [0.25, 0.3) is 11.8 Å². The Hall–Kier alpha value is -2.50. The Morgan fingerprint density at radius 2 is 1.62 bits per heavy atom. The molecular weight excluding hydrogens is 272 g/mol. The van der Waals surface area contributed by atoms with E-state index in [1.54, 1.807) is 34.3 Å². The molecule has 2 aromatic heterocycles. The maximum Gasteiger partial charge on any atom is 0.289 e. The molecule has 3 heterocycles. The van der Waals surface area contributed by atoms with E-state index in [4.69, 9.17) is 8.83 Å². The lowest BCUT2D eigenvalue weighted by Crippen LogP contribution is -2.50. The number of piperazine rings is 1. The van der Waals surface area contributed by atoms with Crippen molar-refractivity contribution >= 4 is 11.8 Å². The summed E-state index contributed by atoms with van der Waals surface area (Å²) in [5, 5.41) is 0. The standard InChI is InChI=1S/C15H16N2O4/c1-11-9-13(21-10-11)15(19)17-6-4-16(5-7-17)14(18)12-3-2-8-20-12/h2-3,8-10H,4-7H2,1H3. The lowest BCUT2D eigenvalue weighted by molar-refractivity contribution is 0.0502. The largest absolute Gasteiger partial charge is 0.459 e. The van der Waals surface area contributed by atoms with E-state index in [-0.39, 0.29) is 11.8 Å². The van der Waals surface area contributed by atoms with Gasteiger partial charge in [-0.25, -0.2) is 0 Å². The first-order valence-corrected chi connectivity index (χ1v) is 6.82. The van der Waals surface area contributed by atoms with Crippen molar-refractivity contribution in [3.8, 4) is 0 Å². The van der Waals surface area contributed by atoms with Crippen molar-refractivity contribution in [2.24, 2.45) is 0 Å². The molecule has 2 amide bonds. The van der Waals surface area contributed by atoms with E-state index in [1.165, 1.54) is 6.26 Å². The van der Waals surface area contributed by atoms with Gasteiger partial charge < -0.3 is 18.6 Å². The molecule has 0 radical (unpaired) electrons. The molecule has 3 rings (SSSR count). The van der Waals surface area contributed by atoms with Gasteiger partial charge in [-0.1, -0.05) is 0 Å². The number of carbonyl (C=O) groups is 2. The number of hydrogen-bond donors (Lipinski definition) is 0. The minimum Gasteiger partial charge on any atom is -0.459 e. The first kappa shape index (κ1) is 13.5. The van der Waals surface area contributed by atoms with E-state index in [1.807, 2.05) is 6.92 Å². The Bertz CT molecular complexity index is 636.